The Morgan fingerprint density at radius 3 is 2.31 bits per heavy atom. The van der Waals surface area contributed by atoms with Crippen molar-refractivity contribution in [2.24, 2.45) is 5.41 Å². The molecule has 6 nitrogen and oxygen atoms in total. The third kappa shape index (κ3) is 3.68. The van der Waals surface area contributed by atoms with Gasteiger partial charge in [-0.25, -0.2) is 4.09 Å². The average molecular weight is 414 g/mol. The number of likely N-dealkylation sites (tertiary alicyclic amines) is 1. The summed E-state index contributed by atoms with van der Waals surface area (Å²) in [4.78, 5) is 17.2. The monoisotopic (exact) mass is 413 g/mol. The van der Waals surface area contributed by atoms with E-state index in [4.69, 9.17) is 11.8 Å². The minimum atomic E-state index is -0.274. The summed E-state index contributed by atoms with van der Waals surface area (Å²) in [5.74, 6) is 0.901. The van der Waals surface area contributed by atoms with Crippen LogP contribution in [0.2, 0.25) is 0 Å². The lowest BCUT2D eigenvalue weighted by Crippen LogP contribution is -2.51. The third-order valence-corrected chi connectivity index (χ3v) is 7.69. The molecule has 2 aromatic rings. The number of aromatic nitrogens is 3. The van der Waals surface area contributed by atoms with Crippen LogP contribution in [-0.2, 0) is 0 Å². The molecule has 1 spiro atoms. The van der Waals surface area contributed by atoms with Crippen LogP contribution in [0.1, 0.15) is 44.9 Å². The van der Waals surface area contributed by atoms with Crippen molar-refractivity contribution in [1.82, 2.24) is 19.2 Å². The summed E-state index contributed by atoms with van der Waals surface area (Å²) >= 11 is 5.87. The lowest BCUT2D eigenvalue weighted by molar-refractivity contribution is 0.0305. The van der Waals surface area contributed by atoms with Gasteiger partial charge < -0.3 is 9.80 Å². The normalized spacial score (nSPS) is 22.6. The molecule has 1 aliphatic carbocycles. The van der Waals surface area contributed by atoms with Crippen molar-refractivity contribution in [3.05, 3.63) is 40.8 Å². The Hall–Kier alpha value is -1.92. The van der Waals surface area contributed by atoms with Gasteiger partial charge in [0.1, 0.15) is 0 Å². The summed E-state index contributed by atoms with van der Waals surface area (Å²) in [6.45, 7) is 4.65. The minimum absolute atomic E-state index is 0.274. The van der Waals surface area contributed by atoms with Crippen LogP contribution in [-0.4, -0.2) is 51.4 Å². The van der Waals surface area contributed by atoms with Gasteiger partial charge in [-0.3, -0.25) is 4.79 Å². The second kappa shape index (κ2) is 7.73. The van der Waals surface area contributed by atoms with Crippen molar-refractivity contribution in [2.75, 3.05) is 31.1 Å². The van der Waals surface area contributed by atoms with Crippen LogP contribution in [0.3, 0.4) is 0 Å². The SMILES string of the molecule is O=c1c(-c2ccc(N3CCC4(CC3)CCN(C3CCC3)CC4)nn2)cccn1Cl. The van der Waals surface area contributed by atoms with Crippen LogP contribution in [0.5, 0.6) is 0 Å². The summed E-state index contributed by atoms with van der Waals surface area (Å²) in [6.07, 6.45) is 11.0. The van der Waals surface area contributed by atoms with Crippen LogP contribution in [0.25, 0.3) is 11.3 Å². The molecule has 0 unspecified atom stereocenters. The van der Waals surface area contributed by atoms with Crippen molar-refractivity contribution < 1.29 is 0 Å². The van der Waals surface area contributed by atoms with E-state index in [-0.39, 0.29) is 5.56 Å². The van der Waals surface area contributed by atoms with E-state index >= 15 is 0 Å². The van der Waals surface area contributed by atoms with Gasteiger partial charge in [-0.1, -0.05) is 6.42 Å². The van der Waals surface area contributed by atoms with E-state index in [1.165, 1.54) is 64.2 Å². The van der Waals surface area contributed by atoms with Gasteiger partial charge >= 0.3 is 0 Å². The maximum atomic E-state index is 12.2. The quantitative estimate of drug-likeness (QED) is 0.770. The Bertz CT molecular complexity index is 906. The highest BCUT2D eigenvalue weighted by molar-refractivity contribution is 6.15. The number of halogens is 1. The van der Waals surface area contributed by atoms with Crippen LogP contribution in [0.15, 0.2) is 35.3 Å². The van der Waals surface area contributed by atoms with E-state index in [9.17, 15) is 4.79 Å². The number of pyridine rings is 1. The molecule has 2 aromatic heterocycles. The number of rotatable bonds is 3. The van der Waals surface area contributed by atoms with E-state index in [2.05, 4.69) is 20.0 Å². The Morgan fingerprint density at radius 1 is 0.966 bits per heavy atom. The second-order valence-corrected chi connectivity index (χ2v) is 9.29. The first-order valence-corrected chi connectivity index (χ1v) is 11.2. The maximum absolute atomic E-state index is 12.2. The van der Waals surface area contributed by atoms with E-state index in [0.717, 1.165) is 29.0 Å². The zero-order valence-electron chi connectivity index (χ0n) is 16.8. The zero-order chi connectivity index (χ0) is 19.8. The molecule has 2 aliphatic heterocycles. The highest BCUT2D eigenvalue weighted by Gasteiger charge is 2.39. The fourth-order valence-corrected chi connectivity index (χ4v) is 5.28. The predicted octanol–water partition coefficient (Wildman–Crippen LogP) is 3.54. The number of hydrogen-bond donors (Lipinski definition) is 0. The fourth-order valence-electron chi connectivity index (χ4n) is 5.13. The summed E-state index contributed by atoms with van der Waals surface area (Å²) < 4.78 is 1.05. The molecule has 0 aromatic carbocycles. The Labute approximate surface area is 176 Å². The minimum Gasteiger partial charge on any atom is -0.355 e. The Morgan fingerprint density at radius 2 is 1.69 bits per heavy atom. The molecule has 154 valence electrons. The van der Waals surface area contributed by atoms with E-state index in [1.807, 2.05) is 12.1 Å². The molecule has 1 saturated carbocycles. The van der Waals surface area contributed by atoms with Crippen LogP contribution in [0, 0.1) is 5.41 Å². The molecule has 0 radical (unpaired) electrons. The molecule has 3 fully saturated rings. The number of piperidine rings is 2. The van der Waals surface area contributed by atoms with Crippen molar-refractivity contribution in [2.45, 2.75) is 51.0 Å². The van der Waals surface area contributed by atoms with E-state index < -0.39 is 0 Å². The van der Waals surface area contributed by atoms with E-state index in [1.54, 1.807) is 12.1 Å². The van der Waals surface area contributed by atoms with Crippen LogP contribution >= 0.6 is 11.8 Å². The average Bonchev–Trinajstić information content (AvgIpc) is 2.72. The first-order valence-electron chi connectivity index (χ1n) is 10.8. The van der Waals surface area contributed by atoms with Crippen LogP contribution < -0.4 is 10.5 Å². The topological polar surface area (TPSA) is 54.3 Å². The highest BCUT2D eigenvalue weighted by Crippen LogP contribution is 2.43. The number of hydrogen-bond acceptors (Lipinski definition) is 5. The molecule has 0 amide bonds. The van der Waals surface area contributed by atoms with Gasteiger partial charge in [0.05, 0.1) is 11.3 Å². The van der Waals surface area contributed by atoms with Gasteiger partial charge in [0.15, 0.2) is 5.82 Å². The van der Waals surface area contributed by atoms with Gasteiger partial charge in [0, 0.05) is 37.1 Å². The summed E-state index contributed by atoms with van der Waals surface area (Å²) in [5, 5.41) is 8.72. The summed E-state index contributed by atoms with van der Waals surface area (Å²) in [7, 11) is 0. The van der Waals surface area contributed by atoms with Crippen molar-refractivity contribution in [1.29, 1.82) is 0 Å². The van der Waals surface area contributed by atoms with Crippen LogP contribution in [0.4, 0.5) is 5.82 Å². The Kier molecular flexibility index (Phi) is 5.08. The molecular formula is C22H28ClN5O. The lowest BCUT2D eigenvalue weighted by Gasteiger charge is -2.50. The fraction of sp³-hybridized carbons (Fsp3) is 0.591. The number of nitrogens with zero attached hydrogens (tertiary/aromatic N) is 5. The third-order valence-electron chi connectivity index (χ3n) is 7.43. The van der Waals surface area contributed by atoms with Gasteiger partial charge in [-0.15, -0.1) is 10.2 Å². The molecule has 2 saturated heterocycles. The second-order valence-electron chi connectivity index (χ2n) is 8.92. The van der Waals surface area contributed by atoms with Gasteiger partial charge in [-0.2, -0.15) is 0 Å². The van der Waals surface area contributed by atoms with Gasteiger partial charge in [0.25, 0.3) is 5.56 Å². The first-order chi connectivity index (χ1) is 14.1. The lowest BCUT2D eigenvalue weighted by atomic mass is 9.70. The molecule has 0 bridgehead atoms. The molecule has 29 heavy (non-hydrogen) atoms. The van der Waals surface area contributed by atoms with Crippen molar-refractivity contribution in [3.8, 4) is 11.3 Å². The summed E-state index contributed by atoms with van der Waals surface area (Å²) in [5.41, 5.74) is 1.28. The predicted molar refractivity (Wildman–Crippen MR) is 115 cm³/mol. The van der Waals surface area contributed by atoms with Gasteiger partial charge in [-0.05, 0) is 81.3 Å². The molecular weight excluding hydrogens is 386 g/mol. The molecule has 5 rings (SSSR count). The molecule has 4 heterocycles. The van der Waals surface area contributed by atoms with Crippen molar-refractivity contribution >= 4 is 17.6 Å². The standard InChI is InChI=1S/C22H28ClN5O/c23-28-12-2-5-18(21(28)29)19-6-7-20(25-24-19)27-15-10-22(11-16-27)8-13-26(14-9-22)17-3-1-4-17/h2,5-7,12,17H,1,3-4,8-11,13-16H2. The largest absolute Gasteiger partial charge is 0.355 e. The van der Waals surface area contributed by atoms with E-state index in [0.29, 0.717) is 16.7 Å². The Balaban J connectivity index is 1.21. The molecule has 7 heteroatoms. The molecule has 0 N–H and O–H groups in total. The molecule has 0 atom stereocenters. The maximum Gasteiger partial charge on any atom is 0.274 e. The highest BCUT2D eigenvalue weighted by atomic mass is 35.5. The molecule has 3 aliphatic rings. The van der Waals surface area contributed by atoms with Gasteiger partial charge in [0.2, 0.25) is 0 Å². The summed E-state index contributed by atoms with van der Waals surface area (Å²) in [6, 6.07) is 8.20. The first kappa shape index (κ1) is 19.1. The zero-order valence-corrected chi connectivity index (χ0v) is 17.5. The number of anilines is 1. The van der Waals surface area contributed by atoms with Crippen molar-refractivity contribution in [3.63, 3.8) is 0 Å². The smallest absolute Gasteiger partial charge is 0.274 e.